The van der Waals surface area contributed by atoms with Crippen LogP contribution in [0.4, 0.5) is 11.4 Å². The summed E-state index contributed by atoms with van der Waals surface area (Å²) in [5.41, 5.74) is 3.08. The fourth-order valence-electron chi connectivity index (χ4n) is 2.98. The van der Waals surface area contributed by atoms with E-state index < -0.39 is 4.92 Å². The highest BCUT2D eigenvalue weighted by molar-refractivity contribution is 5.96. The molecular formula is C20H17N5O3. The maximum atomic E-state index is 11.2. The average molecular weight is 375 g/mol. The Balaban J connectivity index is 1.55. The van der Waals surface area contributed by atoms with Crippen molar-refractivity contribution in [1.29, 1.82) is 0 Å². The van der Waals surface area contributed by atoms with Gasteiger partial charge in [-0.2, -0.15) is 5.10 Å². The lowest BCUT2D eigenvalue weighted by molar-refractivity contribution is -0.383. The van der Waals surface area contributed by atoms with Gasteiger partial charge in [0.25, 0.3) is 5.69 Å². The van der Waals surface area contributed by atoms with Gasteiger partial charge >= 0.3 is 0 Å². The highest BCUT2D eigenvalue weighted by atomic mass is 16.6. The number of nitro benzene ring substituents is 1. The van der Waals surface area contributed by atoms with Crippen molar-refractivity contribution in [2.75, 3.05) is 12.4 Å². The summed E-state index contributed by atoms with van der Waals surface area (Å²) in [7, 11) is 1.63. The van der Waals surface area contributed by atoms with Crippen LogP contribution in [0.3, 0.4) is 0 Å². The molecule has 8 nitrogen and oxygen atoms in total. The van der Waals surface area contributed by atoms with E-state index in [1.807, 2.05) is 36.5 Å². The van der Waals surface area contributed by atoms with Gasteiger partial charge in [-0.15, -0.1) is 0 Å². The summed E-state index contributed by atoms with van der Waals surface area (Å²) < 4.78 is 6.95. The van der Waals surface area contributed by atoms with Gasteiger partial charge in [-0.25, -0.2) is 4.68 Å². The van der Waals surface area contributed by atoms with Gasteiger partial charge in [0.05, 0.1) is 41.0 Å². The summed E-state index contributed by atoms with van der Waals surface area (Å²) >= 11 is 0. The predicted molar refractivity (Wildman–Crippen MR) is 106 cm³/mol. The molecule has 0 aliphatic heterocycles. The maximum Gasteiger partial charge on any atom is 0.278 e. The summed E-state index contributed by atoms with van der Waals surface area (Å²) in [5.74, 6) is 0.787. The largest absolute Gasteiger partial charge is 0.497 e. The molecule has 0 spiro atoms. The lowest BCUT2D eigenvalue weighted by atomic mass is 10.1. The Morgan fingerprint density at radius 3 is 2.71 bits per heavy atom. The number of nitrogens with one attached hydrogen (secondary N) is 1. The summed E-state index contributed by atoms with van der Waals surface area (Å²) in [5, 5.41) is 19.6. The van der Waals surface area contributed by atoms with E-state index in [0.717, 1.165) is 22.8 Å². The van der Waals surface area contributed by atoms with Crippen molar-refractivity contribution in [2.24, 2.45) is 0 Å². The Morgan fingerprint density at radius 1 is 1.14 bits per heavy atom. The minimum atomic E-state index is -0.398. The fourth-order valence-corrected chi connectivity index (χ4v) is 2.98. The van der Waals surface area contributed by atoms with E-state index in [2.05, 4.69) is 15.4 Å². The third-order valence-electron chi connectivity index (χ3n) is 4.38. The molecule has 4 rings (SSSR count). The molecule has 0 saturated carbocycles. The van der Waals surface area contributed by atoms with Crippen LogP contribution in [0.15, 0.2) is 67.0 Å². The monoisotopic (exact) mass is 375 g/mol. The van der Waals surface area contributed by atoms with Gasteiger partial charge in [0, 0.05) is 18.5 Å². The Kier molecular flexibility index (Phi) is 4.59. The summed E-state index contributed by atoms with van der Waals surface area (Å²) in [6.45, 7) is 0.465. The van der Waals surface area contributed by atoms with E-state index in [1.165, 1.54) is 6.07 Å². The first-order valence-corrected chi connectivity index (χ1v) is 8.60. The number of rotatable bonds is 6. The van der Waals surface area contributed by atoms with Crippen LogP contribution < -0.4 is 10.1 Å². The predicted octanol–water partition coefficient (Wildman–Crippen LogP) is 3.95. The number of anilines is 1. The van der Waals surface area contributed by atoms with Crippen LogP contribution in [-0.2, 0) is 6.54 Å². The number of ether oxygens (including phenoxy) is 1. The number of nitro groups is 1. The maximum absolute atomic E-state index is 11.2. The number of fused-ring (bicyclic) bond motifs is 1. The van der Waals surface area contributed by atoms with Crippen LogP contribution in [-0.4, -0.2) is 26.8 Å². The molecule has 0 aliphatic carbocycles. The van der Waals surface area contributed by atoms with Crippen LogP contribution >= 0.6 is 0 Å². The standard InChI is InChI=1S/C20H17N5O3/c1-28-16-6-4-15(5-7-16)24-12-10-14(23-24)13-22-18-8-9-19(25(26)27)17-3-2-11-21-20(17)18/h2-12,22H,13H2,1H3. The second-order valence-corrected chi connectivity index (χ2v) is 6.09. The lowest BCUT2D eigenvalue weighted by Gasteiger charge is -2.08. The van der Waals surface area contributed by atoms with E-state index in [0.29, 0.717) is 17.4 Å². The normalized spacial score (nSPS) is 10.8. The van der Waals surface area contributed by atoms with E-state index in [-0.39, 0.29) is 5.69 Å². The third kappa shape index (κ3) is 3.35. The molecule has 2 aromatic heterocycles. The molecule has 0 unspecified atom stereocenters. The Bertz CT molecular complexity index is 1140. The van der Waals surface area contributed by atoms with Crippen LogP contribution in [0, 0.1) is 10.1 Å². The first kappa shape index (κ1) is 17.5. The van der Waals surface area contributed by atoms with Crippen molar-refractivity contribution in [2.45, 2.75) is 6.54 Å². The van der Waals surface area contributed by atoms with E-state index in [9.17, 15) is 10.1 Å². The molecule has 2 aromatic carbocycles. The van der Waals surface area contributed by atoms with Gasteiger partial charge in [-0.1, -0.05) is 0 Å². The number of hydrogen-bond acceptors (Lipinski definition) is 6. The molecule has 0 aliphatic rings. The molecule has 8 heteroatoms. The molecular weight excluding hydrogens is 358 g/mol. The first-order valence-electron chi connectivity index (χ1n) is 8.60. The number of non-ortho nitro benzene ring substituents is 1. The van der Waals surface area contributed by atoms with E-state index in [4.69, 9.17) is 4.74 Å². The second-order valence-electron chi connectivity index (χ2n) is 6.09. The van der Waals surface area contributed by atoms with E-state index in [1.54, 1.807) is 36.2 Å². The molecule has 140 valence electrons. The van der Waals surface area contributed by atoms with Crippen molar-refractivity contribution in [3.63, 3.8) is 0 Å². The number of benzene rings is 2. The summed E-state index contributed by atoms with van der Waals surface area (Å²) in [6.07, 6.45) is 3.50. The zero-order valence-electron chi connectivity index (χ0n) is 15.1. The molecule has 0 atom stereocenters. The molecule has 0 radical (unpaired) electrons. The quantitative estimate of drug-likeness (QED) is 0.405. The van der Waals surface area contributed by atoms with Gasteiger partial charge in [0.1, 0.15) is 11.3 Å². The molecule has 2 heterocycles. The zero-order chi connectivity index (χ0) is 19.5. The SMILES string of the molecule is COc1ccc(-n2ccc(CNc3ccc([N+](=O)[O-])c4cccnc34)n2)cc1. The van der Waals surface area contributed by atoms with E-state index >= 15 is 0 Å². The molecule has 0 amide bonds. The smallest absolute Gasteiger partial charge is 0.278 e. The number of nitrogens with zero attached hydrogens (tertiary/aromatic N) is 4. The van der Waals surface area contributed by atoms with Crippen LogP contribution in [0.2, 0.25) is 0 Å². The molecule has 4 aromatic rings. The molecule has 1 N–H and O–H groups in total. The van der Waals surface area contributed by atoms with Crippen LogP contribution in [0.1, 0.15) is 5.69 Å². The van der Waals surface area contributed by atoms with Crippen molar-refractivity contribution in [3.05, 3.63) is 82.8 Å². The first-order chi connectivity index (χ1) is 13.7. The molecule has 0 bridgehead atoms. The number of aromatic nitrogens is 3. The highest BCUT2D eigenvalue weighted by Crippen LogP contribution is 2.29. The fraction of sp³-hybridized carbons (Fsp3) is 0.100. The van der Waals surface area contributed by atoms with Crippen LogP contribution in [0.5, 0.6) is 5.75 Å². The average Bonchev–Trinajstić information content (AvgIpc) is 3.21. The summed E-state index contributed by atoms with van der Waals surface area (Å²) in [4.78, 5) is 15.1. The zero-order valence-corrected chi connectivity index (χ0v) is 15.1. The van der Waals surface area contributed by atoms with Gasteiger partial charge in [0.15, 0.2) is 0 Å². The third-order valence-corrected chi connectivity index (χ3v) is 4.38. The van der Waals surface area contributed by atoms with Gasteiger partial charge in [0.2, 0.25) is 0 Å². The van der Waals surface area contributed by atoms with Crippen molar-refractivity contribution in [1.82, 2.24) is 14.8 Å². The highest BCUT2D eigenvalue weighted by Gasteiger charge is 2.15. The Hall–Kier alpha value is -3.94. The van der Waals surface area contributed by atoms with Crippen molar-refractivity contribution in [3.8, 4) is 11.4 Å². The molecule has 28 heavy (non-hydrogen) atoms. The second kappa shape index (κ2) is 7.36. The van der Waals surface area contributed by atoms with Gasteiger partial charge in [-0.05, 0) is 48.5 Å². The topological polar surface area (TPSA) is 95.1 Å². The summed E-state index contributed by atoms with van der Waals surface area (Å²) in [6, 6.07) is 16.1. The molecule has 0 fully saturated rings. The van der Waals surface area contributed by atoms with Gasteiger partial charge < -0.3 is 10.1 Å². The minimum Gasteiger partial charge on any atom is -0.497 e. The lowest BCUT2D eigenvalue weighted by Crippen LogP contribution is -2.03. The number of pyridine rings is 1. The molecule has 0 saturated heterocycles. The Morgan fingerprint density at radius 2 is 1.96 bits per heavy atom. The van der Waals surface area contributed by atoms with Crippen molar-refractivity contribution >= 4 is 22.3 Å². The Labute approximate surface area is 160 Å². The van der Waals surface area contributed by atoms with Crippen LogP contribution in [0.25, 0.3) is 16.6 Å². The minimum absolute atomic E-state index is 0.0393. The number of methoxy groups -OCH3 is 1. The van der Waals surface area contributed by atoms with Crippen molar-refractivity contribution < 1.29 is 9.66 Å². The number of hydrogen-bond donors (Lipinski definition) is 1. The van der Waals surface area contributed by atoms with Gasteiger partial charge in [-0.3, -0.25) is 15.1 Å².